The summed E-state index contributed by atoms with van der Waals surface area (Å²) >= 11 is 0. The number of hydrogen-bond acceptors (Lipinski definition) is 3. The molecule has 0 aliphatic heterocycles. The Balaban J connectivity index is 2.11. The van der Waals surface area contributed by atoms with Gasteiger partial charge in [-0.2, -0.15) is 13.2 Å². The predicted molar refractivity (Wildman–Crippen MR) is 80.5 cm³/mol. The topological polar surface area (TPSA) is 54.7 Å². The van der Waals surface area contributed by atoms with Crippen molar-refractivity contribution >= 4 is 6.03 Å². The summed E-state index contributed by atoms with van der Waals surface area (Å²) in [7, 11) is 2.81. The van der Waals surface area contributed by atoms with E-state index in [-0.39, 0.29) is 12.1 Å². The zero-order valence-corrected chi connectivity index (χ0v) is 13.1. The second-order valence-corrected chi connectivity index (χ2v) is 5.13. The van der Waals surface area contributed by atoms with E-state index in [9.17, 15) is 18.0 Å². The Bertz CT molecular complexity index is 654. The zero-order valence-electron chi connectivity index (χ0n) is 13.1. The summed E-state index contributed by atoms with van der Waals surface area (Å²) in [5.74, 6) is 0.904. The summed E-state index contributed by atoms with van der Waals surface area (Å²) in [6, 6.07) is 5.65. The van der Waals surface area contributed by atoms with Gasteiger partial charge >= 0.3 is 12.2 Å². The predicted octanol–water partition coefficient (Wildman–Crippen LogP) is 3.73. The third-order valence-corrected chi connectivity index (χ3v) is 3.36. The van der Waals surface area contributed by atoms with Crippen LogP contribution in [0.1, 0.15) is 17.4 Å². The van der Waals surface area contributed by atoms with Crippen molar-refractivity contribution in [1.29, 1.82) is 0 Å². The highest BCUT2D eigenvalue weighted by atomic mass is 19.4. The minimum Gasteiger partial charge on any atom is -0.497 e. The minimum absolute atomic E-state index is 0.0615. The normalized spacial score (nSPS) is 12.5. The minimum atomic E-state index is -4.63. The summed E-state index contributed by atoms with van der Waals surface area (Å²) in [4.78, 5) is 13.2. The number of ether oxygens (including phenoxy) is 1. The average molecular weight is 342 g/mol. The van der Waals surface area contributed by atoms with E-state index in [0.29, 0.717) is 11.5 Å². The number of carbonyl (C=O) groups is 1. The molecule has 0 spiro atoms. The Morgan fingerprint density at radius 1 is 1.29 bits per heavy atom. The van der Waals surface area contributed by atoms with Crippen LogP contribution in [0.5, 0.6) is 5.75 Å². The van der Waals surface area contributed by atoms with E-state index >= 15 is 0 Å². The standard InChI is InChI=1S/C16H17F3N2O3/c1-21(10-13-4-3-9-24-13)15(22)20-14(16(17,18)19)11-5-7-12(23-2)8-6-11/h3-9,14H,10H2,1-2H3,(H,20,22). The third-order valence-electron chi connectivity index (χ3n) is 3.36. The van der Waals surface area contributed by atoms with Crippen molar-refractivity contribution in [3.63, 3.8) is 0 Å². The molecular weight excluding hydrogens is 325 g/mol. The van der Waals surface area contributed by atoms with Crippen molar-refractivity contribution in [3.8, 4) is 5.75 Å². The van der Waals surface area contributed by atoms with Gasteiger partial charge < -0.3 is 19.4 Å². The van der Waals surface area contributed by atoms with Gasteiger partial charge in [0.25, 0.3) is 0 Å². The number of methoxy groups -OCH3 is 1. The summed E-state index contributed by atoms with van der Waals surface area (Å²) in [6.45, 7) is 0.0615. The Morgan fingerprint density at radius 3 is 2.46 bits per heavy atom. The molecule has 130 valence electrons. The fourth-order valence-electron chi connectivity index (χ4n) is 2.09. The van der Waals surface area contributed by atoms with Crippen LogP contribution in [0.25, 0.3) is 0 Å². The molecule has 1 aromatic heterocycles. The first-order chi connectivity index (χ1) is 11.3. The van der Waals surface area contributed by atoms with Gasteiger partial charge in [0.1, 0.15) is 11.5 Å². The van der Waals surface area contributed by atoms with Crippen LogP contribution in [0.2, 0.25) is 0 Å². The van der Waals surface area contributed by atoms with Crippen LogP contribution < -0.4 is 10.1 Å². The van der Waals surface area contributed by atoms with E-state index in [1.165, 1.54) is 44.7 Å². The summed E-state index contributed by atoms with van der Waals surface area (Å²) in [5.41, 5.74) is -0.0805. The molecule has 2 amide bonds. The highest BCUT2D eigenvalue weighted by molar-refractivity contribution is 5.74. The van der Waals surface area contributed by atoms with Crippen LogP contribution in [-0.2, 0) is 6.54 Å². The molecule has 2 rings (SSSR count). The van der Waals surface area contributed by atoms with Crippen LogP contribution >= 0.6 is 0 Å². The van der Waals surface area contributed by atoms with E-state index in [0.717, 1.165) is 4.90 Å². The quantitative estimate of drug-likeness (QED) is 0.901. The molecule has 1 N–H and O–H groups in total. The molecule has 0 saturated heterocycles. The molecule has 1 unspecified atom stereocenters. The number of hydrogen-bond donors (Lipinski definition) is 1. The summed E-state index contributed by atoms with van der Waals surface area (Å²) in [5, 5.41) is 2.00. The molecule has 0 bridgehead atoms. The number of rotatable bonds is 5. The van der Waals surface area contributed by atoms with E-state index < -0.39 is 18.2 Å². The molecule has 1 atom stereocenters. The second kappa shape index (κ2) is 7.29. The van der Waals surface area contributed by atoms with E-state index in [1.807, 2.05) is 5.32 Å². The number of furan rings is 1. The Labute approximate surface area is 137 Å². The first-order valence-electron chi connectivity index (χ1n) is 7.06. The molecule has 1 aromatic carbocycles. The SMILES string of the molecule is COc1ccc(C(NC(=O)N(C)Cc2ccco2)C(F)(F)F)cc1. The van der Waals surface area contributed by atoms with Gasteiger partial charge in [0.2, 0.25) is 0 Å². The zero-order chi connectivity index (χ0) is 17.7. The fourth-order valence-corrected chi connectivity index (χ4v) is 2.09. The van der Waals surface area contributed by atoms with E-state index in [4.69, 9.17) is 9.15 Å². The Hall–Kier alpha value is -2.64. The van der Waals surface area contributed by atoms with Crippen LogP contribution in [0.3, 0.4) is 0 Å². The van der Waals surface area contributed by atoms with Gasteiger partial charge in [-0.1, -0.05) is 12.1 Å². The van der Waals surface area contributed by atoms with Crippen molar-refractivity contribution in [1.82, 2.24) is 10.2 Å². The van der Waals surface area contributed by atoms with Gasteiger partial charge in [0.15, 0.2) is 6.04 Å². The monoisotopic (exact) mass is 342 g/mol. The largest absolute Gasteiger partial charge is 0.497 e. The van der Waals surface area contributed by atoms with Gasteiger partial charge in [0, 0.05) is 7.05 Å². The number of benzene rings is 1. The lowest BCUT2D eigenvalue weighted by atomic mass is 10.1. The molecule has 8 heteroatoms. The van der Waals surface area contributed by atoms with Gasteiger partial charge in [-0.15, -0.1) is 0 Å². The molecule has 1 heterocycles. The molecule has 0 saturated carbocycles. The van der Waals surface area contributed by atoms with Crippen molar-refractivity contribution in [3.05, 3.63) is 54.0 Å². The molecule has 0 radical (unpaired) electrons. The van der Waals surface area contributed by atoms with Crippen molar-refractivity contribution in [2.75, 3.05) is 14.2 Å². The smallest absolute Gasteiger partial charge is 0.412 e. The maximum Gasteiger partial charge on any atom is 0.412 e. The number of carbonyl (C=O) groups excluding carboxylic acids is 1. The fraction of sp³-hybridized carbons (Fsp3) is 0.312. The molecule has 24 heavy (non-hydrogen) atoms. The van der Waals surface area contributed by atoms with Crippen LogP contribution in [0, 0.1) is 0 Å². The Morgan fingerprint density at radius 2 is 1.96 bits per heavy atom. The number of amides is 2. The van der Waals surface area contributed by atoms with Crippen molar-refractivity contribution < 1.29 is 27.1 Å². The van der Waals surface area contributed by atoms with Crippen molar-refractivity contribution in [2.45, 2.75) is 18.8 Å². The molecule has 0 aliphatic rings. The maximum absolute atomic E-state index is 13.3. The number of nitrogens with one attached hydrogen (secondary N) is 1. The number of halogens is 3. The van der Waals surface area contributed by atoms with Crippen molar-refractivity contribution in [2.24, 2.45) is 0 Å². The lowest BCUT2D eigenvalue weighted by Gasteiger charge is -2.25. The van der Waals surface area contributed by atoms with Gasteiger partial charge in [0.05, 0.1) is 19.9 Å². The molecule has 0 aliphatic carbocycles. The third kappa shape index (κ3) is 4.43. The highest BCUT2D eigenvalue weighted by Gasteiger charge is 2.42. The number of alkyl halides is 3. The molecule has 2 aromatic rings. The average Bonchev–Trinajstić information content (AvgIpc) is 3.04. The van der Waals surface area contributed by atoms with Gasteiger partial charge in [-0.05, 0) is 29.8 Å². The van der Waals surface area contributed by atoms with Gasteiger partial charge in [-0.3, -0.25) is 0 Å². The Kier molecular flexibility index (Phi) is 5.38. The number of nitrogens with zero attached hydrogens (tertiary/aromatic N) is 1. The van der Waals surface area contributed by atoms with E-state index in [2.05, 4.69) is 0 Å². The molecule has 0 fully saturated rings. The van der Waals surface area contributed by atoms with Gasteiger partial charge in [-0.25, -0.2) is 4.79 Å². The van der Waals surface area contributed by atoms with Crippen LogP contribution in [-0.4, -0.2) is 31.3 Å². The second-order valence-electron chi connectivity index (χ2n) is 5.13. The molecular formula is C16H17F3N2O3. The summed E-state index contributed by atoms with van der Waals surface area (Å²) in [6.07, 6.45) is -3.20. The highest BCUT2D eigenvalue weighted by Crippen LogP contribution is 2.33. The first-order valence-corrected chi connectivity index (χ1v) is 7.06. The molecule has 5 nitrogen and oxygen atoms in total. The maximum atomic E-state index is 13.3. The first kappa shape index (κ1) is 17.7. The van der Waals surface area contributed by atoms with Crippen LogP contribution in [0.15, 0.2) is 47.1 Å². The van der Waals surface area contributed by atoms with E-state index in [1.54, 1.807) is 12.1 Å². The lowest BCUT2D eigenvalue weighted by Crippen LogP contribution is -2.44. The lowest BCUT2D eigenvalue weighted by molar-refractivity contribution is -0.155. The number of urea groups is 1. The van der Waals surface area contributed by atoms with Crippen LogP contribution in [0.4, 0.5) is 18.0 Å². The summed E-state index contributed by atoms with van der Waals surface area (Å²) < 4.78 is 49.9.